The van der Waals surface area contributed by atoms with Gasteiger partial charge in [0.15, 0.2) is 0 Å². The Morgan fingerprint density at radius 2 is 1.00 bits per heavy atom. The molecular weight excluding hydrogens is 392 g/mol. The number of amides is 2. The smallest absolute Gasteiger partial charge is 0.220 e. The first-order valence-electron chi connectivity index (χ1n) is 10.9. The second kappa shape index (κ2) is 8.81. The topological polar surface area (TPSA) is 98.7 Å². The molecule has 6 nitrogen and oxygen atoms in total. The molecule has 0 fully saturated rings. The Labute approximate surface area is 182 Å². The molecule has 2 aromatic rings. The maximum atomic E-state index is 12.5. The number of carbonyl (C=O) groups is 2. The van der Waals surface area contributed by atoms with E-state index < -0.39 is 11.1 Å². The number of benzene rings is 2. The second-order valence-electron chi connectivity index (χ2n) is 9.07. The third kappa shape index (κ3) is 4.65. The van der Waals surface area contributed by atoms with Gasteiger partial charge in [0.2, 0.25) is 11.8 Å². The predicted octanol–water partition coefficient (Wildman–Crippen LogP) is 1.45. The summed E-state index contributed by atoms with van der Waals surface area (Å²) in [5.41, 5.74) is 3.32. The molecule has 31 heavy (non-hydrogen) atoms. The molecule has 0 radical (unpaired) electrons. The summed E-state index contributed by atoms with van der Waals surface area (Å²) in [6, 6.07) is 16.0. The van der Waals surface area contributed by atoms with Crippen molar-refractivity contribution in [2.24, 2.45) is 0 Å². The molecule has 2 aliphatic carbocycles. The zero-order valence-corrected chi connectivity index (χ0v) is 17.7. The monoisotopic (exact) mass is 422 g/mol. The minimum atomic E-state index is -0.653. The molecule has 0 saturated heterocycles. The summed E-state index contributed by atoms with van der Waals surface area (Å²) in [6.45, 7) is -0.235. The zero-order valence-electron chi connectivity index (χ0n) is 17.7. The van der Waals surface area contributed by atoms with Crippen molar-refractivity contribution in [3.05, 3.63) is 70.8 Å². The van der Waals surface area contributed by atoms with Crippen molar-refractivity contribution in [2.75, 3.05) is 13.2 Å². The van der Waals surface area contributed by atoms with Crippen molar-refractivity contribution in [1.82, 2.24) is 10.6 Å². The van der Waals surface area contributed by atoms with Crippen LogP contribution in [0.4, 0.5) is 0 Å². The first-order valence-corrected chi connectivity index (χ1v) is 10.9. The van der Waals surface area contributed by atoms with Crippen LogP contribution in [0.3, 0.4) is 0 Å². The van der Waals surface area contributed by atoms with Gasteiger partial charge in [-0.3, -0.25) is 9.59 Å². The summed E-state index contributed by atoms with van der Waals surface area (Å²) in [6.07, 6.45) is 3.32. The van der Waals surface area contributed by atoms with Crippen LogP contribution >= 0.6 is 0 Å². The fraction of sp³-hybridized carbons (Fsp3) is 0.440. The van der Waals surface area contributed by atoms with Crippen LogP contribution in [-0.2, 0) is 35.3 Å². The number of aliphatic hydroxyl groups is 2. The van der Waals surface area contributed by atoms with E-state index in [-0.39, 0.29) is 37.9 Å². The summed E-state index contributed by atoms with van der Waals surface area (Å²) < 4.78 is 0. The molecular formula is C25H30N2O4. The third-order valence-corrected chi connectivity index (χ3v) is 6.57. The highest BCUT2D eigenvalue weighted by atomic mass is 16.3. The molecule has 0 aliphatic heterocycles. The largest absolute Gasteiger partial charge is 0.394 e. The van der Waals surface area contributed by atoms with Gasteiger partial charge in [0.05, 0.1) is 24.3 Å². The molecule has 0 bridgehead atoms. The van der Waals surface area contributed by atoms with Crippen molar-refractivity contribution in [3.63, 3.8) is 0 Å². The van der Waals surface area contributed by atoms with E-state index in [1.165, 1.54) is 0 Å². The summed E-state index contributed by atoms with van der Waals surface area (Å²) in [7, 11) is 0. The van der Waals surface area contributed by atoms with Crippen molar-refractivity contribution in [3.8, 4) is 0 Å². The summed E-state index contributed by atoms with van der Waals surface area (Å²) in [5.74, 6) is -0.306. The van der Waals surface area contributed by atoms with Crippen LogP contribution in [0.1, 0.15) is 41.5 Å². The normalized spacial score (nSPS) is 17.6. The van der Waals surface area contributed by atoms with Gasteiger partial charge in [0.1, 0.15) is 0 Å². The zero-order chi connectivity index (χ0) is 21.9. The van der Waals surface area contributed by atoms with Crippen LogP contribution in [0, 0.1) is 0 Å². The first kappa shape index (κ1) is 21.5. The number of rotatable bonds is 8. The van der Waals surface area contributed by atoms with E-state index in [9.17, 15) is 19.8 Å². The van der Waals surface area contributed by atoms with E-state index in [1.54, 1.807) is 0 Å². The maximum Gasteiger partial charge on any atom is 0.220 e. The van der Waals surface area contributed by atoms with Gasteiger partial charge in [-0.25, -0.2) is 0 Å². The lowest BCUT2D eigenvalue weighted by Crippen LogP contribution is -2.52. The Morgan fingerprint density at radius 3 is 1.29 bits per heavy atom. The van der Waals surface area contributed by atoms with Crippen molar-refractivity contribution >= 4 is 11.8 Å². The summed E-state index contributed by atoms with van der Waals surface area (Å²) >= 11 is 0. The van der Waals surface area contributed by atoms with E-state index in [4.69, 9.17) is 0 Å². The minimum Gasteiger partial charge on any atom is -0.394 e. The molecule has 0 aromatic heterocycles. The van der Waals surface area contributed by atoms with E-state index in [0.717, 1.165) is 22.3 Å². The van der Waals surface area contributed by atoms with Gasteiger partial charge in [-0.1, -0.05) is 48.5 Å². The Morgan fingerprint density at radius 1 is 0.677 bits per heavy atom. The SMILES string of the molecule is O=C(CCCC(=O)NC1(CO)Cc2ccccc2C1)NC1(CO)Cc2ccccc2C1. The molecule has 164 valence electrons. The lowest BCUT2D eigenvalue weighted by molar-refractivity contribution is -0.124. The molecule has 0 unspecified atom stereocenters. The molecule has 4 N–H and O–H groups in total. The Bertz CT molecular complexity index is 844. The quantitative estimate of drug-likeness (QED) is 0.518. The Kier molecular flexibility index (Phi) is 6.12. The number of aliphatic hydroxyl groups excluding tert-OH is 2. The molecule has 0 atom stereocenters. The number of hydrogen-bond donors (Lipinski definition) is 4. The van der Waals surface area contributed by atoms with E-state index >= 15 is 0 Å². The lowest BCUT2D eigenvalue weighted by Gasteiger charge is -2.29. The maximum absolute atomic E-state index is 12.5. The van der Waals surface area contributed by atoms with E-state index in [1.807, 2.05) is 48.5 Å². The first-order chi connectivity index (χ1) is 15.0. The molecule has 0 spiro atoms. The predicted molar refractivity (Wildman–Crippen MR) is 117 cm³/mol. The molecule has 2 aromatic carbocycles. The van der Waals surface area contributed by atoms with Crippen LogP contribution in [-0.4, -0.2) is 46.3 Å². The molecule has 6 heteroatoms. The van der Waals surface area contributed by atoms with Gasteiger partial charge in [0.25, 0.3) is 0 Å². The molecule has 4 rings (SSSR count). The van der Waals surface area contributed by atoms with Crippen molar-refractivity contribution < 1.29 is 19.8 Å². The highest BCUT2D eigenvalue weighted by molar-refractivity contribution is 5.80. The van der Waals surface area contributed by atoms with Gasteiger partial charge in [-0.05, 0) is 54.4 Å². The molecule has 2 aliphatic rings. The second-order valence-corrected chi connectivity index (χ2v) is 9.07. The lowest BCUT2D eigenvalue weighted by atomic mass is 9.96. The number of carbonyl (C=O) groups excluding carboxylic acids is 2. The van der Waals surface area contributed by atoms with Crippen LogP contribution in [0.2, 0.25) is 0 Å². The number of fused-ring (bicyclic) bond motifs is 2. The van der Waals surface area contributed by atoms with Gasteiger partial charge in [0, 0.05) is 12.8 Å². The van der Waals surface area contributed by atoms with Crippen LogP contribution < -0.4 is 10.6 Å². The standard InChI is InChI=1S/C25H30N2O4/c28-16-24(12-18-6-1-2-7-19(18)13-24)26-22(30)10-5-11-23(31)27-25(17-29)14-20-8-3-4-9-21(20)15-25/h1-4,6-9,28-29H,5,10-17H2,(H,26,30)(H,27,31). The van der Waals surface area contributed by atoms with Crippen molar-refractivity contribution in [1.29, 1.82) is 0 Å². The minimum absolute atomic E-state index is 0.118. The number of hydrogen-bond acceptors (Lipinski definition) is 4. The Hall–Kier alpha value is -2.70. The number of nitrogens with one attached hydrogen (secondary N) is 2. The van der Waals surface area contributed by atoms with Crippen LogP contribution in [0.25, 0.3) is 0 Å². The average molecular weight is 423 g/mol. The average Bonchev–Trinajstić information content (AvgIpc) is 3.31. The van der Waals surface area contributed by atoms with Crippen molar-refractivity contribution in [2.45, 2.75) is 56.0 Å². The summed E-state index contributed by atoms with van der Waals surface area (Å²) in [5, 5.41) is 25.9. The molecule has 0 saturated carbocycles. The van der Waals surface area contributed by atoms with E-state index in [0.29, 0.717) is 32.1 Å². The molecule has 2 amide bonds. The van der Waals surface area contributed by atoms with E-state index in [2.05, 4.69) is 10.6 Å². The Balaban J connectivity index is 1.25. The fourth-order valence-corrected chi connectivity index (χ4v) is 4.99. The highest BCUT2D eigenvalue weighted by Gasteiger charge is 2.39. The van der Waals surface area contributed by atoms with Crippen LogP contribution in [0.5, 0.6) is 0 Å². The third-order valence-electron chi connectivity index (χ3n) is 6.57. The summed E-state index contributed by atoms with van der Waals surface area (Å²) in [4.78, 5) is 25.0. The van der Waals surface area contributed by atoms with Gasteiger partial charge >= 0.3 is 0 Å². The van der Waals surface area contributed by atoms with Gasteiger partial charge < -0.3 is 20.8 Å². The fourth-order valence-electron chi connectivity index (χ4n) is 4.99. The highest BCUT2D eigenvalue weighted by Crippen LogP contribution is 2.31. The van der Waals surface area contributed by atoms with Crippen LogP contribution in [0.15, 0.2) is 48.5 Å². The molecule has 0 heterocycles. The van der Waals surface area contributed by atoms with Gasteiger partial charge in [-0.15, -0.1) is 0 Å². The van der Waals surface area contributed by atoms with Gasteiger partial charge in [-0.2, -0.15) is 0 Å².